The zero-order valence-corrected chi connectivity index (χ0v) is 11.5. The van der Waals surface area contributed by atoms with E-state index in [-0.39, 0.29) is 0 Å². The summed E-state index contributed by atoms with van der Waals surface area (Å²) in [5.74, 6) is 1.26. The summed E-state index contributed by atoms with van der Waals surface area (Å²) >= 11 is 0. The monoisotopic (exact) mass is 283 g/mol. The Bertz CT molecular complexity index is 388. The molecule has 1 aromatic carbocycles. The molecule has 0 fully saturated rings. The Balaban J connectivity index is 1.95. The van der Waals surface area contributed by atoms with Gasteiger partial charge in [-0.2, -0.15) is 0 Å². The first-order chi connectivity index (χ1) is 9.86. The lowest BCUT2D eigenvalue weighted by molar-refractivity contribution is -0.00355. The van der Waals surface area contributed by atoms with E-state index in [0.29, 0.717) is 57.7 Å². The van der Waals surface area contributed by atoms with Crippen molar-refractivity contribution in [3.63, 3.8) is 0 Å². The number of nitrogens with two attached hydrogens (primary N) is 1. The van der Waals surface area contributed by atoms with Crippen LogP contribution in [-0.4, -0.2) is 52.5 Å². The minimum atomic E-state index is -0.541. The lowest BCUT2D eigenvalue weighted by Gasteiger charge is -2.17. The van der Waals surface area contributed by atoms with Crippen LogP contribution in [0.4, 0.5) is 0 Å². The molecule has 1 unspecified atom stereocenters. The predicted molar refractivity (Wildman–Crippen MR) is 73.0 cm³/mol. The van der Waals surface area contributed by atoms with Gasteiger partial charge in [0.15, 0.2) is 17.7 Å². The van der Waals surface area contributed by atoms with Crippen LogP contribution in [0.5, 0.6) is 11.5 Å². The van der Waals surface area contributed by atoms with Crippen molar-refractivity contribution in [3.05, 3.63) is 24.3 Å². The van der Waals surface area contributed by atoms with Crippen molar-refractivity contribution in [3.8, 4) is 11.5 Å². The van der Waals surface area contributed by atoms with E-state index in [9.17, 15) is 0 Å². The zero-order valence-electron chi connectivity index (χ0n) is 11.5. The van der Waals surface area contributed by atoms with Crippen molar-refractivity contribution in [1.82, 2.24) is 0 Å². The molecule has 0 aliphatic carbocycles. The average molecular weight is 283 g/mol. The summed E-state index contributed by atoms with van der Waals surface area (Å²) in [5, 5.41) is 0. The van der Waals surface area contributed by atoms with Crippen molar-refractivity contribution in [2.75, 3.05) is 46.2 Å². The Morgan fingerprint density at radius 2 is 1.40 bits per heavy atom. The predicted octanol–water partition coefficient (Wildman–Crippen LogP) is 0.792. The molecule has 112 valence electrons. The number of para-hydroxylation sites is 2. The highest BCUT2D eigenvalue weighted by Crippen LogP contribution is 2.26. The molecule has 0 radical (unpaired) electrons. The molecule has 1 aromatic rings. The summed E-state index contributed by atoms with van der Waals surface area (Å²) < 4.78 is 27.3. The van der Waals surface area contributed by atoms with Gasteiger partial charge in [-0.3, -0.25) is 5.73 Å². The van der Waals surface area contributed by atoms with E-state index in [0.717, 1.165) is 0 Å². The number of benzene rings is 1. The van der Waals surface area contributed by atoms with Crippen LogP contribution in [0.25, 0.3) is 0 Å². The van der Waals surface area contributed by atoms with Gasteiger partial charge in [-0.05, 0) is 12.1 Å². The maximum Gasteiger partial charge on any atom is 0.171 e. The fourth-order valence-electron chi connectivity index (χ4n) is 1.71. The minimum Gasteiger partial charge on any atom is -0.487 e. The Morgan fingerprint density at radius 1 is 0.800 bits per heavy atom. The summed E-state index contributed by atoms with van der Waals surface area (Å²) in [4.78, 5) is 0. The minimum absolute atomic E-state index is 0.300. The molecule has 2 rings (SSSR count). The van der Waals surface area contributed by atoms with Crippen molar-refractivity contribution in [2.24, 2.45) is 5.73 Å². The van der Waals surface area contributed by atoms with E-state index in [1.807, 2.05) is 24.3 Å². The van der Waals surface area contributed by atoms with Gasteiger partial charge in [0, 0.05) is 0 Å². The Labute approximate surface area is 118 Å². The molecule has 0 saturated heterocycles. The van der Waals surface area contributed by atoms with Gasteiger partial charge in [-0.25, -0.2) is 0 Å². The van der Waals surface area contributed by atoms with Gasteiger partial charge in [0.1, 0.15) is 6.61 Å². The number of rotatable bonds is 0. The third-order valence-corrected chi connectivity index (χ3v) is 2.64. The maximum absolute atomic E-state index is 5.86. The van der Waals surface area contributed by atoms with Crippen LogP contribution in [0, 0.1) is 0 Å². The summed E-state index contributed by atoms with van der Waals surface area (Å²) in [7, 11) is 0. The van der Waals surface area contributed by atoms with E-state index in [4.69, 9.17) is 29.4 Å². The Morgan fingerprint density at radius 3 is 2.15 bits per heavy atom. The van der Waals surface area contributed by atoms with Gasteiger partial charge in [0.05, 0.1) is 39.6 Å². The summed E-state index contributed by atoms with van der Waals surface area (Å²) in [5.41, 5.74) is 5.86. The fraction of sp³-hybridized carbons (Fsp3) is 0.571. The lowest BCUT2D eigenvalue weighted by Crippen LogP contribution is -2.33. The summed E-state index contributed by atoms with van der Waals surface area (Å²) in [6.45, 7) is 3.34. The third-order valence-electron chi connectivity index (χ3n) is 2.64. The van der Waals surface area contributed by atoms with Gasteiger partial charge in [0.2, 0.25) is 0 Å². The smallest absolute Gasteiger partial charge is 0.171 e. The largest absolute Gasteiger partial charge is 0.487 e. The first-order valence-electron chi connectivity index (χ1n) is 6.73. The molecule has 0 saturated carbocycles. The van der Waals surface area contributed by atoms with E-state index in [1.165, 1.54) is 0 Å². The normalized spacial score (nSPS) is 22.6. The molecular formula is C14H21NO5. The van der Waals surface area contributed by atoms with Gasteiger partial charge in [-0.1, -0.05) is 12.1 Å². The second-order valence-electron chi connectivity index (χ2n) is 4.25. The average Bonchev–Trinajstić information content (AvgIpc) is 2.46. The molecule has 20 heavy (non-hydrogen) atoms. The van der Waals surface area contributed by atoms with Crippen LogP contribution in [0.15, 0.2) is 24.3 Å². The van der Waals surface area contributed by atoms with Crippen molar-refractivity contribution in [1.29, 1.82) is 0 Å². The van der Waals surface area contributed by atoms with Gasteiger partial charge in [0.25, 0.3) is 0 Å². The number of hydrogen-bond acceptors (Lipinski definition) is 6. The molecule has 0 aromatic heterocycles. The number of hydrogen-bond donors (Lipinski definition) is 1. The van der Waals surface area contributed by atoms with Crippen LogP contribution in [0.2, 0.25) is 0 Å². The molecule has 0 bridgehead atoms. The summed E-state index contributed by atoms with van der Waals surface area (Å²) in [6.07, 6.45) is -0.541. The summed E-state index contributed by atoms with van der Waals surface area (Å²) in [6, 6.07) is 7.41. The SMILES string of the molecule is NC1COCCOCCOCCOc2ccccc2O1. The second-order valence-corrected chi connectivity index (χ2v) is 4.25. The highest BCUT2D eigenvalue weighted by molar-refractivity contribution is 5.39. The second kappa shape index (κ2) is 8.76. The quantitative estimate of drug-likeness (QED) is 0.759. The Hall–Kier alpha value is -1.34. The van der Waals surface area contributed by atoms with E-state index < -0.39 is 6.23 Å². The van der Waals surface area contributed by atoms with Crippen molar-refractivity contribution < 1.29 is 23.7 Å². The highest BCUT2D eigenvalue weighted by atomic mass is 16.6. The van der Waals surface area contributed by atoms with Crippen molar-refractivity contribution in [2.45, 2.75) is 6.23 Å². The van der Waals surface area contributed by atoms with Gasteiger partial charge in [-0.15, -0.1) is 0 Å². The maximum atomic E-state index is 5.86. The standard InChI is InChI=1S/C14H21NO5/c15-14-11-18-8-7-16-5-6-17-9-10-19-12-3-1-2-4-13(12)20-14/h1-4,14H,5-11,15H2. The van der Waals surface area contributed by atoms with Crippen LogP contribution in [0.1, 0.15) is 0 Å². The molecule has 2 N–H and O–H groups in total. The molecule has 1 aliphatic rings. The Kier molecular flexibility index (Phi) is 6.59. The molecule has 1 heterocycles. The lowest BCUT2D eigenvalue weighted by atomic mass is 10.3. The van der Waals surface area contributed by atoms with Crippen LogP contribution in [-0.2, 0) is 14.2 Å². The first-order valence-corrected chi connectivity index (χ1v) is 6.73. The van der Waals surface area contributed by atoms with E-state index >= 15 is 0 Å². The van der Waals surface area contributed by atoms with Gasteiger partial charge < -0.3 is 23.7 Å². The fourth-order valence-corrected chi connectivity index (χ4v) is 1.71. The molecule has 0 spiro atoms. The topological polar surface area (TPSA) is 72.2 Å². The number of fused-ring (bicyclic) bond motifs is 1. The molecular weight excluding hydrogens is 262 g/mol. The molecule has 6 nitrogen and oxygen atoms in total. The van der Waals surface area contributed by atoms with Crippen LogP contribution >= 0.6 is 0 Å². The zero-order chi connectivity index (χ0) is 14.0. The third kappa shape index (κ3) is 5.34. The van der Waals surface area contributed by atoms with Gasteiger partial charge >= 0.3 is 0 Å². The molecule has 1 atom stereocenters. The molecule has 6 heteroatoms. The molecule has 1 aliphatic heterocycles. The van der Waals surface area contributed by atoms with Crippen LogP contribution in [0.3, 0.4) is 0 Å². The van der Waals surface area contributed by atoms with E-state index in [1.54, 1.807) is 0 Å². The highest BCUT2D eigenvalue weighted by Gasteiger charge is 2.10. The first kappa shape index (κ1) is 15.1. The van der Waals surface area contributed by atoms with E-state index in [2.05, 4.69) is 0 Å². The van der Waals surface area contributed by atoms with Crippen LogP contribution < -0.4 is 15.2 Å². The van der Waals surface area contributed by atoms with Crippen molar-refractivity contribution >= 4 is 0 Å². The molecule has 0 amide bonds. The number of ether oxygens (including phenoxy) is 5.